The summed E-state index contributed by atoms with van der Waals surface area (Å²) in [6.45, 7) is 0.936. The van der Waals surface area contributed by atoms with Gasteiger partial charge in [-0.05, 0) is 25.1 Å². The molecule has 1 N–H and O–H groups in total. The third-order valence-electron chi connectivity index (χ3n) is 1.67. The Balaban J connectivity index is 2.13. The molecule has 1 aliphatic heterocycles. The maximum Gasteiger partial charge on any atom is 0.257 e. The van der Waals surface area contributed by atoms with Crippen LogP contribution in [0.15, 0.2) is 0 Å². The van der Waals surface area contributed by atoms with E-state index in [4.69, 9.17) is 17.0 Å². The smallest absolute Gasteiger partial charge is 0.257 e. The minimum Gasteiger partial charge on any atom is -0.463 e. The Hall–Kier alpha value is -0.310. The average molecular weight is 129 g/mol. The predicted octanol–water partition coefficient (Wildman–Crippen LogP) is 0.424. The van der Waals surface area contributed by atoms with E-state index >= 15 is 0 Å². The molecule has 1 saturated heterocycles. The van der Waals surface area contributed by atoms with E-state index in [9.17, 15) is 0 Å². The van der Waals surface area contributed by atoms with Crippen molar-refractivity contribution in [1.82, 2.24) is 5.32 Å². The van der Waals surface area contributed by atoms with Crippen molar-refractivity contribution in [3.63, 3.8) is 0 Å². The van der Waals surface area contributed by atoms with Crippen LogP contribution in [0.2, 0.25) is 0 Å². The van der Waals surface area contributed by atoms with Crippen molar-refractivity contribution in [2.75, 3.05) is 6.54 Å². The van der Waals surface area contributed by atoms with E-state index < -0.39 is 0 Å². The topological polar surface area (TPSA) is 21.3 Å². The normalized spacial score (nSPS) is 29.8. The molecule has 3 heteroatoms. The first-order valence-electron chi connectivity index (χ1n) is 2.78. The van der Waals surface area contributed by atoms with E-state index in [1.165, 1.54) is 12.8 Å². The van der Waals surface area contributed by atoms with Crippen LogP contribution in [0.1, 0.15) is 12.8 Å². The standard InChI is InChI=1S/C5H7NOS/c8-4-6-3-5(7-4)1-2-5/h1-3H2,(H,6,8). The van der Waals surface area contributed by atoms with Crippen LogP contribution < -0.4 is 5.32 Å². The van der Waals surface area contributed by atoms with Crippen LogP contribution in [0, 0.1) is 0 Å². The lowest BCUT2D eigenvalue weighted by atomic mass is 10.4. The molecule has 0 unspecified atom stereocenters. The summed E-state index contributed by atoms with van der Waals surface area (Å²) in [4.78, 5) is 0. The Morgan fingerprint density at radius 1 is 1.62 bits per heavy atom. The second-order valence-corrected chi connectivity index (χ2v) is 2.80. The molecule has 1 heterocycles. The van der Waals surface area contributed by atoms with Gasteiger partial charge >= 0.3 is 0 Å². The Morgan fingerprint density at radius 2 is 2.38 bits per heavy atom. The second kappa shape index (κ2) is 1.16. The molecule has 2 aliphatic rings. The van der Waals surface area contributed by atoms with E-state index in [0.717, 1.165) is 6.54 Å². The molecule has 0 aromatic rings. The van der Waals surface area contributed by atoms with E-state index in [2.05, 4.69) is 5.32 Å². The van der Waals surface area contributed by atoms with Crippen LogP contribution >= 0.6 is 12.2 Å². The van der Waals surface area contributed by atoms with Gasteiger partial charge < -0.3 is 10.1 Å². The molecule has 8 heavy (non-hydrogen) atoms. The summed E-state index contributed by atoms with van der Waals surface area (Å²) in [5, 5.41) is 3.57. The first-order valence-corrected chi connectivity index (χ1v) is 3.18. The SMILES string of the molecule is S=C1NCC2(CC2)O1. The summed E-state index contributed by atoms with van der Waals surface area (Å²) in [5.41, 5.74) is 0.164. The molecule has 1 saturated carbocycles. The van der Waals surface area contributed by atoms with Crippen LogP contribution in [0.5, 0.6) is 0 Å². The fourth-order valence-electron chi connectivity index (χ4n) is 0.920. The zero-order valence-corrected chi connectivity index (χ0v) is 5.25. The fraction of sp³-hybridized carbons (Fsp3) is 0.800. The molecule has 2 nitrogen and oxygen atoms in total. The van der Waals surface area contributed by atoms with Crippen LogP contribution in [0.25, 0.3) is 0 Å². The third kappa shape index (κ3) is 0.508. The summed E-state index contributed by atoms with van der Waals surface area (Å²) in [6, 6.07) is 0. The highest BCUT2D eigenvalue weighted by molar-refractivity contribution is 7.80. The van der Waals surface area contributed by atoms with E-state index in [1.54, 1.807) is 0 Å². The molecular weight excluding hydrogens is 122 g/mol. The van der Waals surface area contributed by atoms with Crippen molar-refractivity contribution in [3.8, 4) is 0 Å². The van der Waals surface area contributed by atoms with Crippen LogP contribution in [0.4, 0.5) is 0 Å². The Labute approximate surface area is 53.2 Å². The number of hydrogen-bond acceptors (Lipinski definition) is 2. The van der Waals surface area contributed by atoms with Crippen molar-refractivity contribution in [2.24, 2.45) is 0 Å². The number of nitrogens with one attached hydrogen (secondary N) is 1. The molecule has 0 amide bonds. The minimum atomic E-state index is 0.164. The Bertz CT molecular complexity index is 141. The summed E-state index contributed by atoms with van der Waals surface area (Å²) in [5.74, 6) is 0. The van der Waals surface area contributed by atoms with Gasteiger partial charge in [-0.2, -0.15) is 0 Å². The fourth-order valence-corrected chi connectivity index (χ4v) is 1.17. The number of thiocarbonyl (C=S) groups is 1. The highest BCUT2D eigenvalue weighted by atomic mass is 32.1. The van der Waals surface area contributed by atoms with Gasteiger partial charge in [0.1, 0.15) is 5.60 Å². The van der Waals surface area contributed by atoms with E-state index in [0.29, 0.717) is 5.17 Å². The lowest BCUT2D eigenvalue weighted by molar-refractivity contribution is 0.213. The van der Waals surface area contributed by atoms with Gasteiger partial charge in [-0.1, -0.05) is 0 Å². The number of hydrogen-bond donors (Lipinski definition) is 1. The van der Waals surface area contributed by atoms with Crippen molar-refractivity contribution < 1.29 is 4.74 Å². The molecular formula is C5H7NOS. The number of rotatable bonds is 0. The number of ether oxygens (including phenoxy) is 1. The van der Waals surface area contributed by atoms with E-state index in [1.807, 2.05) is 0 Å². The zero-order valence-electron chi connectivity index (χ0n) is 4.44. The molecule has 2 rings (SSSR count). The second-order valence-electron chi connectivity index (χ2n) is 2.43. The van der Waals surface area contributed by atoms with Gasteiger partial charge in [0.15, 0.2) is 0 Å². The molecule has 0 aromatic carbocycles. The molecule has 1 aliphatic carbocycles. The van der Waals surface area contributed by atoms with Gasteiger partial charge in [-0.25, -0.2) is 0 Å². The van der Waals surface area contributed by atoms with Crippen molar-refractivity contribution in [2.45, 2.75) is 18.4 Å². The van der Waals surface area contributed by atoms with Crippen LogP contribution in [-0.4, -0.2) is 17.3 Å². The van der Waals surface area contributed by atoms with Crippen molar-refractivity contribution in [3.05, 3.63) is 0 Å². The Morgan fingerprint density at radius 3 is 2.62 bits per heavy atom. The molecule has 0 bridgehead atoms. The first kappa shape index (κ1) is 4.56. The largest absolute Gasteiger partial charge is 0.463 e. The maximum absolute atomic E-state index is 5.28. The summed E-state index contributed by atoms with van der Waals surface area (Å²) >= 11 is 4.77. The zero-order chi connectivity index (χ0) is 5.61. The highest BCUT2D eigenvalue weighted by Gasteiger charge is 2.49. The quantitative estimate of drug-likeness (QED) is 0.479. The van der Waals surface area contributed by atoms with Gasteiger partial charge in [-0.15, -0.1) is 0 Å². The lowest BCUT2D eigenvalue weighted by Crippen LogP contribution is -2.15. The summed E-state index contributed by atoms with van der Waals surface area (Å²) < 4.78 is 5.28. The minimum absolute atomic E-state index is 0.164. The first-order chi connectivity index (χ1) is 3.81. The van der Waals surface area contributed by atoms with Gasteiger partial charge in [0, 0.05) is 0 Å². The van der Waals surface area contributed by atoms with Gasteiger partial charge in [0.25, 0.3) is 5.17 Å². The average Bonchev–Trinajstić information content (AvgIpc) is 2.34. The van der Waals surface area contributed by atoms with Crippen LogP contribution in [-0.2, 0) is 4.74 Å². The molecule has 0 aromatic heterocycles. The Kier molecular flexibility index (Phi) is 0.658. The van der Waals surface area contributed by atoms with E-state index in [-0.39, 0.29) is 5.60 Å². The van der Waals surface area contributed by atoms with Gasteiger partial charge in [0.2, 0.25) is 0 Å². The summed E-state index contributed by atoms with van der Waals surface area (Å²) in [7, 11) is 0. The van der Waals surface area contributed by atoms with Crippen LogP contribution in [0.3, 0.4) is 0 Å². The maximum atomic E-state index is 5.28. The monoisotopic (exact) mass is 129 g/mol. The van der Waals surface area contributed by atoms with Crippen molar-refractivity contribution in [1.29, 1.82) is 0 Å². The highest BCUT2D eigenvalue weighted by Crippen LogP contribution is 2.41. The molecule has 0 atom stereocenters. The third-order valence-corrected chi connectivity index (χ3v) is 1.90. The molecule has 44 valence electrons. The van der Waals surface area contributed by atoms with Gasteiger partial charge in [0.05, 0.1) is 6.54 Å². The predicted molar refractivity (Wildman–Crippen MR) is 33.7 cm³/mol. The van der Waals surface area contributed by atoms with Gasteiger partial charge in [-0.3, -0.25) is 0 Å². The molecule has 0 radical (unpaired) electrons. The summed E-state index contributed by atoms with van der Waals surface area (Å²) in [6.07, 6.45) is 2.36. The molecule has 2 fully saturated rings. The lowest BCUT2D eigenvalue weighted by Gasteiger charge is -1.99. The molecule has 1 spiro atoms. The van der Waals surface area contributed by atoms with Crippen molar-refractivity contribution >= 4 is 17.4 Å².